The van der Waals surface area contributed by atoms with Gasteiger partial charge in [0, 0.05) is 22.6 Å². The molecule has 0 saturated carbocycles. The summed E-state index contributed by atoms with van der Waals surface area (Å²) in [5.74, 6) is -0.548. The van der Waals surface area contributed by atoms with E-state index in [1.54, 1.807) is 0 Å². The molecule has 0 bridgehead atoms. The van der Waals surface area contributed by atoms with Crippen molar-refractivity contribution in [2.24, 2.45) is 11.3 Å². The first-order valence-electron chi connectivity index (χ1n) is 6.75. The molecular formula is C15H19BrClNO2. The molecule has 1 saturated heterocycles. The van der Waals surface area contributed by atoms with Crippen molar-refractivity contribution in [2.75, 3.05) is 13.1 Å². The number of carboxylic acid groups (broad SMARTS) is 1. The van der Waals surface area contributed by atoms with E-state index >= 15 is 0 Å². The Balaban J connectivity index is 2.14. The summed E-state index contributed by atoms with van der Waals surface area (Å²) >= 11 is 9.55. The maximum Gasteiger partial charge on any atom is 0.311 e. The largest absolute Gasteiger partial charge is 0.481 e. The lowest BCUT2D eigenvalue weighted by Crippen LogP contribution is -2.39. The maximum absolute atomic E-state index is 11.6. The third-order valence-corrected chi connectivity index (χ3v) is 5.32. The molecule has 1 fully saturated rings. The van der Waals surface area contributed by atoms with Crippen LogP contribution in [0.5, 0.6) is 0 Å². The number of nitrogens with zero attached hydrogens (tertiary/aromatic N) is 1. The van der Waals surface area contributed by atoms with E-state index in [0.717, 1.165) is 23.1 Å². The molecule has 110 valence electrons. The fraction of sp³-hybridized carbons (Fsp3) is 0.533. The Labute approximate surface area is 133 Å². The van der Waals surface area contributed by atoms with E-state index in [9.17, 15) is 9.90 Å². The molecule has 1 atom stereocenters. The van der Waals surface area contributed by atoms with Crippen molar-refractivity contribution in [2.45, 2.75) is 26.8 Å². The van der Waals surface area contributed by atoms with Gasteiger partial charge in [0.1, 0.15) is 0 Å². The average molecular weight is 361 g/mol. The third kappa shape index (κ3) is 3.02. The summed E-state index contributed by atoms with van der Waals surface area (Å²) in [6.07, 6.45) is 0.707. The fourth-order valence-corrected chi connectivity index (χ4v) is 3.41. The van der Waals surface area contributed by atoms with Gasteiger partial charge in [-0.05, 0) is 42.6 Å². The molecular weight excluding hydrogens is 342 g/mol. The summed E-state index contributed by atoms with van der Waals surface area (Å²) < 4.78 is 1.01. The van der Waals surface area contributed by atoms with Gasteiger partial charge in [-0.3, -0.25) is 9.69 Å². The van der Waals surface area contributed by atoms with Gasteiger partial charge < -0.3 is 5.11 Å². The van der Waals surface area contributed by atoms with Crippen molar-refractivity contribution in [3.05, 3.63) is 33.3 Å². The van der Waals surface area contributed by atoms with Crippen LogP contribution in [0.4, 0.5) is 0 Å². The molecule has 1 unspecified atom stereocenters. The highest BCUT2D eigenvalue weighted by Gasteiger charge is 2.47. The van der Waals surface area contributed by atoms with Crippen molar-refractivity contribution in [3.63, 3.8) is 0 Å². The highest BCUT2D eigenvalue weighted by atomic mass is 79.9. The Kier molecular flexibility index (Phi) is 4.77. The number of hydrogen-bond acceptors (Lipinski definition) is 2. The number of benzene rings is 1. The zero-order valence-electron chi connectivity index (χ0n) is 11.7. The standard InChI is InChI=1S/C15H19BrClNO2/c1-10(2)15(14(19)20)5-6-18(9-15)8-11-7-12(17)3-4-13(11)16/h3-4,7,10H,5-6,8-9H2,1-2H3,(H,19,20). The van der Waals surface area contributed by atoms with Crippen molar-refractivity contribution in [3.8, 4) is 0 Å². The molecule has 1 N–H and O–H groups in total. The second kappa shape index (κ2) is 6.04. The quantitative estimate of drug-likeness (QED) is 0.881. The first kappa shape index (κ1) is 15.8. The van der Waals surface area contributed by atoms with Crippen LogP contribution in [0.25, 0.3) is 0 Å². The van der Waals surface area contributed by atoms with Gasteiger partial charge in [-0.1, -0.05) is 41.4 Å². The van der Waals surface area contributed by atoms with Gasteiger partial charge in [-0.2, -0.15) is 0 Å². The van der Waals surface area contributed by atoms with E-state index in [-0.39, 0.29) is 5.92 Å². The van der Waals surface area contributed by atoms with E-state index < -0.39 is 11.4 Å². The Morgan fingerprint density at radius 3 is 2.80 bits per heavy atom. The minimum atomic E-state index is -0.680. The second-order valence-electron chi connectivity index (χ2n) is 5.81. The summed E-state index contributed by atoms with van der Waals surface area (Å²) in [5, 5.41) is 10.3. The van der Waals surface area contributed by atoms with Gasteiger partial charge in [-0.15, -0.1) is 0 Å². The molecule has 0 aromatic heterocycles. The van der Waals surface area contributed by atoms with Crippen molar-refractivity contribution in [1.82, 2.24) is 4.90 Å². The zero-order chi connectivity index (χ0) is 14.9. The van der Waals surface area contributed by atoms with Crippen LogP contribution in [0.1, 0.15) is 25.8 Å². The van der Waals surface area contributed by atoms with Crippen LogP contribution >= 0.6 is 27.5 Å². The predicted molar refractivity (Wildman–Crippen MR) is 84.0 cm³/mol. The van der Waals surface area contributed by atoms with Gasteiger partial charge in [0.15, 0.2) is 0 Å². The molecule has 0 spiro atoms. The Hall–Kier alpha value is -0.580. The van der Waals surface area contributed by atoms with Gasteiger partial charge in [0.2, 0.25) is 0 Å². The number of carbonyl (C=O) groups is 1. The SMILES string of the molecule is CC(C)C1(C(=O)O)CCN(Cc2cc(Cl)ccc2Br)C1. The van der Waals surface area contributed by atoms with E-state index in [2.05, 4.69) is 20.8 Å². The summed E-state index contributed by atoms with van der Waals surface area (Å²) in [7, 11) is 0. The van der Waals surface area contributed by atoms with E-state index in [0.29, 0.717) is 18.0 Å². The van der Waals surface area contributed by atoms with E-state index in [1.165, 1.54) is 0 Å². The molecule has 1 aromatic carbocycles. The Bertz CT molecular complexity index is 521. The highest BCUT2D eigenvalue weighted by molar-refractivity contribution is 9.10. The average Bonchev–Trinajstić information content (AvgIpc) is 2.79. The molecule has 20 heavy (non-hydrogen) atoms. The van der Waals surface area contributed by atoms with Gasteiger partial charge in [-0.25, -0.2) is 0 Å². The van der Waals surface area contributed by atoms with Crippen molar-refractivity contribution < 1.29 is 9.90 Å². The Morgan fingerprint density at radius 1 is 1.55 bits per heavy atom. The van der Waals surface area contributed by atoms with Gasteiger partial charge in [0.05, 0.1) is 5.41 Å². The van der Waals surface area contributed by atoms with Crippen LogP contribution in [0.3, 0.4) is 0 Å². The molecule has 5 heteroatoms. The number of likely N-dealkylation sites (tertiary alicyclic amines) is 1. The lowest BCUT2D eigenvalue weighted by molar-refractivity contribution is -0.151. The number of hydrogen-bond donors (Lipinski definition) is 1. The van der Waals surface area contributed by atoms with Crippen LogP contribution in [0.15, 0.2) is 22.7 Å². The molecule has 0 aliphatic carbocycles. The van der Waals surface area contributed by atoms with Gasteiger partial charge in [0.25, 0.3) is 0 Å². The topological polar surface area (TPSA) is 40.5 Å². The first-order valence-corrected chi connectivity index (χ1v) is 7.92. The lowest BCUT2D eigenvalue weighted by Gasteiger charge is -2.29. The summed E-state index contributed by atoms with van der Waals surface area (Å²) in [6.45, 7) is 6.12. The predicted octanol–water partition coefficient (Wildman–Crippen LogP) is 4.04. The normalized spacial score (nSPS) is 23.4. The second-order valence-corrected chi connectivity index (χ2v) is 7.10. The summed E-state index contributed by atoms with van der Waals surface area (Å²) in [6, 6.07) is 5.71. The molecule has 1 aromatic rings. The number of aliphatic carboxylic acids is 1. The van der Waals surface area contributed by atoms with Gasteiger partial charge >= 0.3 is 5.97 Å². The molecule has 1 aliphatic heterocycles. The van der Waals surface area contributed by atoms with E-state index in [4.69, 9.17) is 11.6 Å². The summed E-state index contributed by atoms with van der Waals surface area (Å²) in [4.78, 5) is 13.8. The molecule has 0 radical (unpaired) electrons. The Morgan fingerprint density at radius 2 is 2.25 bits per heavy atom. The van der Waals surface area contributed by atoms with Crippen LogP contribution in [-0.4, -0.2) is 29.1 Å². The number of rotatable bonds is 4. The third-order valence-electron chi connectivity index (χ3n) is 4.31. The molecule has 1 aliphatic rings. The van der Waals surface area contributed by atoms with Crippen LogP contribution in [0, 0.1) is 11.3 Å². The number of halogens is 2. The molecule has 1 heterocycles. The maximum atomic E-state index is 11.6. The fourth-order valence-electron chi connectivity index (χ4n) is 2.85. The van der Waals surface area contributed by atoms with Crippen LogP contribution in [-0.2, 0) is 11.3 Å². The van der Waals surface area contributed by atoms with Crippen molar-refractivity contribution >= 4 is 33.5 Å². The lowest BCUT2D eigenvalue weighted by atomic mass is 9.76. The van der Waals surface area contributed by atoms with Crippen LogP contribution < -0.4 is 0 Å². The minimum Gasteiger partial charge on any atom is -0.481 e. The monoisotopic (exact) mass is 359 g/mol. The zero-order valence-corrected chi connectivity index (χ0v) is 14.0. The van der Waals surface area contributed by atoms with Crippen LogP contribution in [0.2, 0.25) is 5.02 Å². The highest BCUT2D eigenvalue weighted by Crippen LogP contribution is 2.39. The first-order chi connectivity index (χ1) is 9.35. The minimum absolute atomic E-state index is 0.132. The molecule has 3 nitrogen and oxygen atoms in total. The molecule has 0 amide bonds. The molecule has 2 rings (SSSR count). The number of carboxylic acids is 1. The summed E-state index contributed by atoms with van der Waals surface area (Å²) in [5.41, 5.74) is 0.479. The smallest absolute Gasteiger partial charge is 0.311 e. The van der Waals surface area contributed by atoms with Crippen molar-refractivity contribution in [1.29, 1.82) is 0 Å². The van der Waals surface area contributed by atoms with E-state index in [1.807, 2.05) is 32.0 Å².